The molecule has 0 fully saturated rings. The van der Waals surface area contributed by atoms with Gasteiger partial charge in [0.2, 0.25) is 0 Å². The van der Waals surface area contributed by atoms with Gasteiger partial charge in [0.1, 0.15) is 0 Å². The SMILES string of the molecule is C/C=C(\C=NC(C)C)c1cn[nH]c1. The molecule has 0 unspecified atom stereocenters. The van der Waals surface area contributed by atoms with Crippen LogP contribution in [0, 0.1) is 0 Å². The number of nitrogens with one attached hydrogen (secondary N) is 1. The minimum Gasteiger partial charge on any atom is -0.290 e. The molecule has 3 nitrogen and oxygen atoms in total. The number of hydrogen-bond donors (Lipinski definition) is 1. The lowest BCUT2D eigenvalue weighted by Crippen LogP contribution is -1.91. The van der Waals surface area contributed by atoms with Gasteiger partial charge < -0.3 is 0 Å². The Hall–Kier alpha value is -1.38. The highest BCUT2D eigenvalue weighted by Crippen LogP contribution is 2.09. The zero-order chi connectivity index (χ0) is 9.68. The molecule has 13 heavy (non-hydrogen) atoms. The number of hydrogen-bond acceptors (Lipinski definition) is 2. The fourth-order valence-corrected chi connectivity index (χ4v) is 0.954. The first kappa shape index (κ1) is 9.71. The second-order valence-corrected chi connectivity index (χ2v) is 3.10. The van der Waals surface area contributed by atoms with E-state index in [9.17, 15) is 0 Å². The Balaban J connectivity index is 2.77. The van der Waals surface area contributed by atoms with E-state index in [4.69, 9.17) is 0 Å². The second-order valence-electron chi connectivity index (χ2n) is 3.10. The van der Waals surface area contributed by atoms with Crippen molar-refractivity contribution in [1.29, 1.82) is 0 Å². The van der Waals surface area contributed by atoms with Crippen LogP contribution in [0.2, 0.25) is 0 Å². The Labute approximate surface area is 78.6 Å². The van der Waals surface area contributed by atoms with Crippen LogP contribution in [0.4, 0.5) is 0 Å². The van der Waals surface area contributed by atoms with Crippen LogP contribution in [0.15, 0.2) is 23.5 Å². The Kier molecular flexibility index (Phi) is 3.43. The first-order chi connectivity index (χ1) is 6.24. The summed E-state index contributed by atoms with van der Waals surface area (Å²) in [4.78, 5) is 4.32. The van der Waals surface area contributed by atoms with Gasteiger partial charge in [-0.15, -0.1) is 0 Å². The summed E-state index contributed by atoms with van der Waals surface area (Å²) < 4.78 is 0. The van der Waals surface area contributed by atoms with Gasteiger partial charge in [-0.2, -0.15) is 5.10 Å². The van der Waals surface area contributed by atoms with Gasteiger partial charge in [0.25, 0.3) is 0 Å². The van der Waals surface area contributed by atoms with E-state index in [-0.39, 0.29) is 0 Å². The molecule has 0 amide bonds. The van der Waals surface area contributed by atoms with Crippen molar-refractivity contribution < 1.29 is 0 Å². The standard InChI is InChI=1S/C10H15N3/c1-4-9(5-11-8(2)3)10-6-12-13-7-10/h4-8H,1-3H3,(H,12,13)/b9-4+,11-5?. The zero-order valence-corrected chi connectivity index (χ0v) is 8.28. The highest BCUT2D eigenvalue weighted by atomic mass is 15.1. The number of nitrogens with zero attached hydrogens (tertiary/aromatic N) is 2. The lowest BCUT2D eigenvalue weighted by atomic mass is 10.1. The number of rotatable bonds is 3. The minimum absolute atomic E-state index is 0.335. The van der Waals surface area contributed by atoms with Crippen LogP contribution in [-0.2, 0) is 0 Å². The largest absolute Gasteiger partial charge is 0.290 e. The first-order valence-electron chi connectivity index (χ1n) is 4.42. The summed E-state index contributed by atoms with van der Waals surface area (Å²) in [6, 6.07) is 0.335. The van der Waals surface area contributed by atoms with Crippen LogP contribution in [0.25, 0.3) is 5.57 Å². The predicted molar refractivity (Wildman–Crippen MR) is 55.9 cm³/mol. The summed E-state index contributed by atoms with van der Waals surface area (Å²) in [5, 5.41) is 6.67. The number of aliphatic imine (C=N–C) groups is 1. The number of aromatic amines is 1. The maximum atomic E-state index is 4.32. The fourth-order valence-electron chi connectivity index (χ4n) is 0.954. The molecule has 0 aliphatic heterocycles. The van der Waals surface area contributed by atoms with Crippen molar-refractivity contribution in [3.8, 4) is 0 Å². The quantitative estimate of drug-likeness (QED) is 0.707. The van der Waals surface area contributed by atoms with E-state index < -0.39 is 0 Å². The topological polar surface area (TPSA) is 41.0 Å². The molecule has 0 aliphatic carbocycles. The van der Waals surface area contributed by atoms with E-state index in [1.54, 1.807) is 6.20 Å². The molecule has 0 aliphatic rings. The maximum Gasteiger partial charge on any atom is 0.0566 e. The highest BCUT2D eigenvalue weighted by molar-refractivity contribution is 6.09. The number of allylic oxidation sites excluding steroid dienone is 2. The Morgan fingerprint density at radius 2 is 2.38 bits per heavy atom. The van der Waals surface area contributed by atoms with E-state index in [2.05, 4.69) is 29.0 Å². The average Bonchev–Trinajstić information content (AvgIpc) is 2.58. The third kappa shape index (κ3) is 2.86. The van der Waals surface area contributed by atoms with Crippen LogP contribution >= 0.6 is 0 Å². The van der Waals surface area contributed by atoms with Crippen molar-refractivity contribution in [1.82, 2.24) is 10.2 Å². The summed E-state index contributed by atoms with van der Waals surface area (Å²) in [6.07, 6.45) is 7.57. The molecule has 3 heteroatoms. The summed E-state index contributed by atoms with van der Waals surface area (Å²) in [7, 11) is 0. The third-order valence-electron chi connectivity index (χ3n) is 1.65. The van der Waals surface area contributed by atoms with Gasteiger partial charge in [-0.25, -0.2) is 0 Å². The van der Waals surface area contributed by atoms with E-state index in [0.29, 0.717) is 6.04 Å². The summed E-state index contributed by atoms with van der Waals surface area (Å²) in [6.45, 7) is 6.10. The second kappa shape index (κ2) is 4.60. The highest BCUT2D eigenvalue weighted by Gasteiger charge is 1.97. The zero-order valence-electron chi connectivity index (χ0n) is 8.28. The molecular formula is C10H15N3. The third-order valence-corrected chi connectivity index (χ3v) is 1.65. The fraction of sp³-hybridized carbons (Fsp3) is 0.400. The molecule has 1 aromatic rings. The molecule has 0 atom stereocenters. The van der Waals surface area contributed by atoms with Crippen molar-refractivity contribution in [3.05, 3.63) is 24.0 Å². The van der Waals surface area contributed by atoms with E-state index >= 15 is 0 Å². The van der Waals surface area contributed by atoms with Gasteiger partial charge in [-0.05, 0) is 26.3 Å². The van der Waals surface area contributed by atoms with Crippen LogP contribution in [0.3, 0.4) is 0 Å². The summed E-state index contributed by atoms with van der Waals surface area (Å²) in [5.74, 6) is 0. The molecule has 1 N–H and O–H groups in total. The summed E-state index contributed by atoms with van der Waals surface area (Å²) in [5.41, 5.74) is 2.18. The average molecular weight is 177 g/mol. The first-order valence-corrected chi connectivity index (χ1v) is 4.42. The normalized spacial score (nSPS) is 13.1. The van der Waals surface area contributed by atoms with E-state index in [1.807, 2.05) is 25.4 Å². The van der Waals surface area contributed by atoms with Crippen LogP contribution in [0.1, 0.15) is 26.3 Å². The van der Waals surface area contributed by atoms with Crippen LogP contribution < -0.4 is 0 Å². The van der Waals surface area contributed by atoms with E-state index in [0.717, 1.165) is 11.1 Å². The van der Waals surface area contributed by atoms with Crippen molar-refractivity contribution >= 4 is 11.8 Å². The minimum atomic E-state index is 0.335. The van der Waals surface area contributed by atoms with Gasteiger partial charge >= 0.3 is 0 Å². The van der Waals surface area contributed by atoms with Crippen molar-refractivity contribution in [2.45, 2.75) is 26.8 Å². The monoisotopic (exact) mass is 177 g/mol. The molecule has 70 valence electrons. The summed E-state index contributed by atoms with van der Waals surface area (Å²) >= 11 is 0. The molecule has 0 saturated heterocycles. The number of H-pyrrole nitrogens is 1. The lowest BCUT2D eigenvalue weighted by molar-refractivity contribution is 0.842. The molecule has 0 bridgehead atoms. The smallest absolute Gasteiger partial charge is 0.0566 e. The van der Waals surface area contributed by atoms with Gasteiger partial charge in [0.05, 0.1) is 6.20 Å². The van der Waals surface area contributed by atoms with Crippen LogP contribution in [0.5, 0.6) is 0 Å². The van der Waals surface area contributed by atoms with Crippen molar-refractivity contribution in [2.75, 3.05) is 0 Å². The molecular weight excluding hydrogens is 162 g/mol. The number of aromatic nitrogens is 2. The Bertz CT molecular complexity index is 294. The maximum absolute atomic E-state index is 4.32. The van der Waals surface area contributed by atoms with E-state index in [1.165, 1.54) is 0 Å². The van der Waals surface area contributed by atoms with Crippen LogP contribution in [-0.4, -0.2) is 22.5 Å². The Morgan fingerprint density at radius 3 is 2.85 bits per heavy atom. The van der Waals surface area contributed by atoms with Gasteiger partial charge in [0, 0.05) is 24.0 Å². The molecule has 0 saturated carbocycles. The molecule has 1 rings (SSSR count). The Morgan fingerprint density at radius 1 is 1.62 bits per heavy atom. The molecule has 1 heterocycles. The van der Waals surface area contributed by atoms with Gasteiger partial charge in [-0.1, -0.05) is 6.08 Å². The van der Waals surface area contributed by atoms with Crippen molar-refractivity contribution in [3.63, 3.8) is 0 Å². The lowest BCUT2D eigenvalue weighted by Gasteiger charge is -1.97. The molecule has 0 aromatic carbocycles. The molecule has 0 radical (unpaired) electrons. The van der Waals surface area contributed by atoms with Crippen molar-refractivity contribution in [2.24, 2.45) is 4.99 Å². The molecule has 1 aromatic heterocycles. The van der Waals surface area contributed by atoms with Gasteiger partial charge in [0.15, 0.2) is 0 Å². The molecule has 0 spiro atoms. The van der Waals surface area contributed by atoms with Gasteiger partial charge in [-0.3, -0.25) is 10.1 Å². The predicted octanol–water partition coefficient (Wildman–Crippen LogP) is 2.29.